The first-order valence-electron chi connectivity index (χ1n) is 9.35. The Morgan fingerprint density at radius 2 is 1.93 bits per heavy atom. The Labute approximate surface area is 169 Å². The Morgan fingerprint density at radius 3 is 2.55 bits per heavy atom. The molecule has 1 atom stereocenters. The van der Waals surface area contributed by atoms with Crippen molar-refractivity contribution in [3.05, 3.63) is 53.6 Å². The van der Waals surface area contributed by atoms with E-state index in [2.05, 4.69) is 5.32 Å². The summed E-state index contributed by atoms with van der Waals surface area (Å²) in [5.74, 6) is 0.774. The third-order valence-corrected chi connectivity index (χ3v) is 4.84. The number of hydrogen-bond acceptors (Lipinski definition) is 5. The molecule has 2 aromatic carbocycles. The van der Waals surface area contributed by atoms with Gasteiger partial charge in [0.2, 0.25) is 0 Å². The van der Waals surface area contributed by atoms with Crippen molar-refractivity contribution in [3.8, 4) is 11.5 Å². The molecule has 29 heavy (non-hydrogen) atoms. The van der Waals surface area contributed by atoms with E-state index in [0.717, 1.165) is 5.56 Å². The highest BCUT2D eigenvalue weighted by Crippen LogP contribution is 2.29. The summed E-state index contributed by atoms with van der Waals surface area (Å²) >= 11 is 0. The minimum Gasteiger partial charge on any atom is -0.497 e. The van der Waals surface area contributed by atoms with Crippen molar-refractivity contribution in [2.24, 2.45) is 5.92 Å². The maximum Gasteiger partial charge on any atom is 0.322 e. The van der Waals surface area contributed by atoms with Crippen LogP contribution in [0.3, 0.4) is 0 Å². The fourth-order valence-electron chi connectivity index (χ4n) is 3.07. The summed E-state index contributed by atoms with van der Waals surface area (Å²) in [5, 5.41) is 11.8. The average Bonchev–Trinajstić information content (AvgIpc) is 2.93. The zero-order valence-corrected chi connectivity index (χ0v) is 16.6. The molecule has 0 fully saturated rings. The van der Waals surface area contributed by atoms with E-state index in [4.69, 9.17) is 14.7 Å². The molecule has 2 aromatic rings. The van der Waals surface area contributed by atoms with Gasteiger partial charge in [-0.15, -0.1) is 0 Å². The zero-order chi connectivity index (χ0) is 21.0. The van der Waals surface area contributed by atoms with Crippen LogP contribution in [0.15, 0.2) is 42.5 Å². The van der Waals surface area contributed by atoms with E-state index in [1.165, 1.54) is 0 Å². The molecule has 1 aliphatic heterocycles. The predicted molar refractivity (Wildman–Crippen MR) is 107 cm³/mol. The summed E-state index contributed by atoms with van der Waals surface area (Å²) in [6.07, 6.45) is -0.245. The van der Waals surface area contributed by atoms with Gasteiger partial charge in [-0.2, -0.15) is 0 Å². The first-order chi connectivity index (χ1) is 13.9. The molecule has 0 saturated heterocycles. The quantitative estimate of drug-likeness (QED) is 0.541. The van der Waals surface area contributed by atoms with Crippen LogP contribution in [-0.2, 0) is 6.54 Å². The van der Waals surface area contributed by atoms with Crippen molar-refractivity contribution in [2.75, 3.05) is 19.0 Å². The standard InChI is InChI=1S/C21H25N3O5/c1-13(2)19-12-24(21(26)22-16-6-8-17(28-3)9-7-16)11-15-5-4-14(20(25)23-27)10-18(15)29-19/h4-10,13,19,27H,11-12H2,1-3H3,(H,22,26)(H,23,25). The normalized spacial score (nSPS) is 15.8. The number of methoxy groups -OCH3 is 1. The molecule has 0 saturated carbocycles. The lowest BCUT2D eigenvalue weighted by atomic mass is 10.1. The number of carbonyl (C=O) groups is 2. The molecular formula is C21H25N3O5. The summed E-state index contributed by atoms with van der Waals surface area (Å²) < 4.78 is 11.3. The van der Waals surface area contributed by atoms with Gasteiger partial charge in [0.05, 0.1) is 20.2 Å². The number of ether oxygens (including phenoxy) is 2. The molecule has 1 unspecified atom stereocenters. The number of carbonyl (C=O) groups excluding carboxylic acids is 2. The van der Waals surface area contributed by atoms with Crippen LogP contribution in [0.5, 0.6) is 11.5 Å². The summed E-state index contributed by atoms with van der Waals surface area (Å²) in [6.45, 7) is 4.76. The molecule has 3 amide bonds. The van der Waals surface area contributed by atoms with Crippen LogP contribution in [-0.4, -0.2) is 41.8 Å². The predicted octanol–water partition coefficient (Wildman–Crippen LogP) is 3.27. The Morgan fingerprint density at radius 1 is 1.21 bits per heavy atom. The molecule has 1 aliphatic rings. The van der Waals surface area contributed by atoms with Gasteiger partial charge in [0.25, 0.3) is 5.91 Å². The number of hydrogen-bond donors (Lipinski definition) is 3. The number of amides is 3. The van der Waals surface area contributed by atoms with Gasteiger partial charge in [0.1, 0.15) is 17.6 Å². The van der Waals surface area contributed by atoms with Crippen LogP contribution in [0.2, 0.25) is 0 Å². The van der Waals surface area contributed by atoms with Gasteiger partial charge in [-0.25, -0.2) is 10.3 Å². The van der Waals surface area contributed by atoms with Crippen molar-refractivity contribution in [1.82, 2.24) is 10.4 Å². The van der Waals surface area contributed by atoms with Crippen molar-refractivity contribution < 1.29 is 24.3 Å². The van der Waals surface area contributed by atoms with Gasteiger partial charge in [0.15, 0.2) is 0 Å². The minimum absolute atomic E-state index is 0.146. The lowest BCUT2D eigenvalue weighted by Crippen LogP contribution is -2.41. The van der Waals surface area contributed by atoms with E-state index < -0.39 is 5.91 Å². The molecule has 3 rings (SSSR count). The molecule has 8 heteroatoms. The second kappa shape index (κ2) is 8.83. The fourth-order valence-corrected chi connectivity index (χ4v) is 3.07. The largest absolute Gasteiger partial charge is 0.497 e. The van der Waals surface area contributed by atoms with Crippen LogP contribution in [0.4, 0.5) is 10.5 Å². The molecule has 0 spiro atoms. The molecule has 0 bridgehead atoms. The number of hydroxylamine groups is 1. The lowest BCUT2D eigenvalue weighted by Gasteiger charge is -2.26. The summed E-state index contributed by atoms with van der Waals surface area (Å²) in [4.78, 5) is 26.3. The van der Waals surface area contributed by atoms with Gasteiger partial charge in [-0.1, -0.05) is 19.9 Å². The number of anilines is 1. The zero-order valence-electron chi connectivity index (χ0n) is 16.6. The molecule has 0 aliphatic carbocycles. The van der Waals surface area contributed by atoms with Crippen molar-refractivity contribution in [3.63, 3.8) is 0 Å². The van der Waals surface area contributed by atoms with Crippen molar-refractivity contribution >= 4 is 17.6 Å². The molecule has 3 N–H and O–H groups in total. The molecule has 1 heterocycles. The third-order valence-electron chi connectivity index (χ3n) is 4.84. The number of nitrogens with zero attached hydrogens (tertiary/aromatic N) is 1. The van der Waals surface area contributed by atoms with Crippen LogP contribution in [0.25, 0.3) is 0 Å². The van der Waals surface area contributed by atoms with E-state index in [1.807, 2.05) is 13.8 Å². The maximum atomic E-state index is 12.9. The first kappa shape index (κ1) is 20.5. The van der Waals surface area contributed by atoms with Crippen LogP contribution >= 0.6 is 0 Å². The smallest absolute Gasteiger partial charge is 0.322 e. The second-order valence-corrected chi connectivity index (χ2v) is 7.20. The van der Waals surface area contributed by atoms with E-state index >= 15 is 0 Å². The number of benzene rings is 2. The fraction of sp³-hybridized carbons (Fsp3) is 0.333. The van der Waals surface area contributed by atoms with Crippen LogP contribution in [0, 0.1) is 5.92 Å². The number of fused-ring (bicyclic) bond motifs is 1. The number of nitrogens with one attached hydrogen (secondary N) is 2. The van der Waals surface area contributed by atoms with E-state index in [0.29, 0.717) is 30.3 Å². The maximum absolute atomic E-state index is 12.9. The summed E-state index contributed by atoms with van der Waals surface area (Å²) in [5.41, 5.74) is 3.35. The van der Waals surface area contributed by atoms with E-state index in [9.17, 15) is 9.59 Å². The van der Waals surface area contributed by atoms with E-state index in [-0.39, 0.29) is 23.6 Å². The van der Waals surface area contributed by atoms with Crippen LogP contribution in [0.1, 0.15) is 29.8 Å². The summed E-state index contributed by atoms with van der Waals surface area (Å²) in [6, 6.07) is 11.8. The van der Waals surface area contributed by atoms with Gasteiger partial charge in [-0.05, 0) is 42.3 Å². The average molecular weight is 399 g/mol. The second-order valence-electron chi connectivity index (χ2n) is 7.20. The Kier molecular flexibility index (Phi) is 6.23. The lowest BCUT2D eigenvalue weighted by molar-refractivity contribution is 0.0705. The van der Waals surface area contributed by atoms with Gasteiger partial charge in [-0.3, -0.25) is 10.0 Å². The molecular weight excluding hydrogens is 374 g/mol. The monoisotopic (exact) mass is 399 g/mol. The van der Waals surface area contributed by atoms with Gasteiger partial charge in [0, 0.05) is 16.8 Å². The number of rotatable bonds is 4. The molecule has 0 radical (unpaired) electrons. The van der Waals surface area contributed by atoms with Gasteiger partial charge >= 0.3 is 6.03 Å². The van der Waals surface area contributed by atoms with Gasteiger partial charge < -0.3 is 19.7 Å². The highest BCUT2D eigenvalue weighted by Gasteiger charge is 2.28. The van der Waals surface area contributed by atoms with Crippen LogP contribution < -0.4 is 20.3 Å². The Bertz CT molecular complexity index is 882. The molecule has 8 nitrogen and oxygen atoms in total. The SMILES string of the molecule is COc1ccc(NC(=O)N2Cc3ccc(C(=O)NO)cc3OC(C(C)C)C2)cc1. The highest BCUT2D eigenvalue weighted by molar-refractivity contribution is 5.94. The Hall–Kier alpha value is -3.26. The Balaban J connectivity index is 1.83. The van der Waals surface area contributed by atoms with E-state index in [1.54, 1.807) is 60.0 Å². The third kappa shape index (κ3) is 4.78. The first-order valence-corrected chi connectivity index (χ1v) is 9.35. The topological polar surface area (TPSA) is 100 Å². The van der Waals surface area contributed by atoms with Crippen molar-refractivity contribution in [2.45, 2.75) is 26.5 Å². The van der Waals surface area contributed by atoms with Crippen molar-refractivity contribution in [1.29, 1.82) is 0 Å². The molecule has 154 valence electrons. The highest BCUT2D eigenvalue weighted by atomic mass is 16.5. The molecule has 0 aromatic heterocycles. The number of urea groups is 1. The summed E-state index contributed by atoms with van der Waals surface area (Å²) in [7, 11) is 1.59. The minimum atomic E-state index is -0.615.